The Morgan fingerprint density at radius 2 is 1.07 bits per heavy atom. The maximum absolute atomic E-state index is 11.1. The molecule has 0 bridgehead atoms. The Hall–Kier alpha value is -0.450. The summed E-state index contributed by atoms with van der Waals surface area (Å²) in [5, 5.41) is 0. The van der Waals surface area contributed by atoms with Gasteiger partial charge in [0, 0.05) is 0 Å². The lowest BCUT2D eigenvalue weighted by Gasteiger charge is -2.32. The van der Waals surface area contributed by atoms with Crippen LogP contribution in [-0.4, -0.2) is 30.6 Å². The Balaban J connectivity index is 4.66. The fourth-order valence-electron chi connectivity index (χ4n) is 1.15. The molecular formula is C11H22O4. The molecule has 0 aliphatic rings. The fourth-order valence-corrected chi connectivity index (χ4v) is 1.15. The maximum atomic E-state index is 11.1. The zero-order valence-electron chi connectivity index (χ0n) is 10.4. The summed E-state index contributed by atoms with van der Waals surface area (Å²) in [7, 11) is 0. The highest BCUT2D eigenvalue weighted by atomic mass is 16.9. The highest BCUT2D eigenvalue weighted by Crippen LogP contribution is 2.19. The molecule has 0 aliphatic heterocycles. The van der Waals surface area contributed by atoms with Crippen molar-refractivity contribution in [3.63, 3.8) is 0 Å². The van der Waals surface area contributed by atoms with E-state index in [-0.39, 0.29) is 18.3 Å². The van der Waals surface area contributed by atoms with Crippen LogP contribution < -0.4 is 0 Å². The fraction of sp³-hybridized carbons (Fsp3) is 0.909. The number of aldehydes is 1. The third-order valence-corrected chi connectivity index (χ3v) is 1.34. The number of hydrogen-bond donors (Lipinski definition) is 0. The Morgan fingerprint density at radius 1 is 0.800 bits per heavy atom. The van der Waals surface area contributed by atoms with Crippen molar-refractivity contribution in [2.24, 2.45) is 0 Å². The van der Waals surface area contributed by atoms with E-state index < -0.39 is 5.97 Å². The van der Waals surface area contributed by atoms with Gasteiger partial charge in [-0.05, 0) is 41.5 Å². The molecule has 0 aromatic carbocycles. The summed E-state index contributed by atoms with van der Waals surface area (Å²) < 4.78 is 16.2. The van der Waals surface area contributed by atoms with Gasteiger partial charge in [-0.1, -0.05) is 0 Å². The first kappa shape index (κ1) is 14.6. The second-order valence-electron chi connectivity index (χ2n) is 4.22. The maximum Gasteiger partial charge on any atom is 0.344 e. The van der Waals surface area contributed by atoms with Gasteiger partial charge in [0.2, 0.25) is 6.29 Å². The molecule has 4 nitrogen and oxygen atoms in total. The molecule has 0 aromatic rings. The predicted octanol–water partition coefficient (Wildman–Crippen LogP) is 2.11. The summed E-state index contributed by atoms with van der Waals surface area (Å²) >= 11 is 0. The van der Waals surface area contributed by atoms with Crippen LogP contribution in [0.1, 0.15) is 41.5 Å². The van der Waals surface area contributed by atoms with E-state index in [0.717, 1.165) is 0 Å². The molecule has 4 heteroatoms. The minimum absolute atomic E-state index is 0.146. The summed E-state index contributed by atoms with van der Waals surface area (Å²) in [6.07, 6.45) is 0.126. The highest BCUT2D eigenvalue weighted by molar-refractivity contribution is 5.57. The van der Waals surface area contributed by atoms with Gasteiger partial charge in [0.15, 0.2) is 0 Å². The summed E-state index contributed by atoms with van der Waals surface area (Å²) in [6.45, 7) is 11.0. The number of hydrogen-bond acceptors (Lipinski definition) is 4. The number of ether oxygens (including phenoxy) is 3. The molecule has 0 aromatic heterocycles. The van der Waals surface area contributed by atoms with Crippen LogP contribution in [0.25, 0.3) is 0 Å². The summed E-state index contributed by atoms with van der Waals surface area (Å²) in [4.78, 5) is 11.1. The van der Waals surface area contributed by atoms with E-state index >= 15 is 0 Å². The second kappa shape index (κ2) is 6.20. The first-order valence-electron chi connectivity index (χ1n) is 5.31. The van der Waals surface area contributed by atoms with Crippen LogP contribution in [0.3, 0.4) is 0 Å². The van der Waals surface area contributed by atoms with E-state index in [2.05, 4.69) is 0 Å². The minimum atomic E-state index is -1.57. The monoisotopic (exact) mass is 218 g/mol. The lowest BCUT2D eigenvalue weighted by Crippen LogP contribution is -2.46. The second-order valence-corrected chi connectivity index (χ2v) is 4.22. The molecule has 0 amide bonds. The van der Waals surface area contributed by atoms with Crippen LogP contribution >= 0.6 is 0 Å². The van der Waals surface area contributed by atoms with Gasteiger partial charge in [-0.3, -0.25) is 4.79 Å². The van der Waals surface area contributed by atoms with Crippen LogP contribution in [0, 0.1) is 0 Å². The molecule has 0 heterocycles. The quantitative estimate of drug-likeness (QED) is 0.485. The van der Waals surface area contributed by atoms with Gasteiger partial charge < -0.3 is 14.2 Å². The normalized spacial score (nSPS) is 12.9. The molecule has 0 atom stereocenters. The molecule has 0 fully saturated rings. The summed E-state index contributed by atoms with van der Waals surface area (Å²) in [5.74, 6) is -1.57. The van der Waals surface area contributed by atoms with Crippen molar-refractivity contribution in [1.82, 2.24) is 0 Å². The van der Waals surface area contributed by atoms with Crippen molar-refractivity contribution >= 4 is 6.29 Å². The van der Waals surface area contributed by atoms with Crippen LogP contribution in [0.15, 0.2) is 0 Å². The molecule has 0 N–H and O–H groups in total. The summed E-state index contributed by atoms with van der Waals surface area (Å²) in [5.41, 5.74) is 0. The lowest BCUT2D eigenvalue weighted by molar-refractivity contribution is -0.376. The number of carbonyl (C=O) groups excluding carboxylic acids is 1. The SMILES string of the molecule is CC(C)OC(C=O)(OC(C)C)OC(C)C. The Bertz CT molecular complexity index is 160. The molecule has 0 saturated carbocycles. The molecule has 0 unspecified atom stereocenters. The highest BCUT2D eigenvalue weighted by Gasteiger charge is 2.36. The van der Waals surface area contributed by atoms with Gasteiger partial charge in [0.1, 0.15) is 0 Å². The van der Waals surface area contributed by atoms with Crippen LogP contribution in [0.2, 0.25) is 0 Å². The first-order valence-corrected chi connectivity index (χ1v) is 5.31. The molecule has 0 aliphatic carbocycles. The molecule has 0 radical (unpaired) electrons. The van der Waals surface area contributed by atoms with Gasteiger partial charge in [-0.25, -0.2) is 0 Å². The van der Waals surface area contributed by atoms with Crippen LogP contribution in [0.4, 0.5) is 0 Å². The Kier molecular flexibility index (Phi) is 6.02. The van der Waals surface area contributed by atoms with E-state index in [1.807, 2.05) is 41.5 Å². The number of rotatable bonds is 7. The minimum Gasteiger partial charge on any atom is -0.319 e. The first-order chi connectivity index (χ1) is 6.81. The average molecular weight is 218 g/mol. The number of carbonyl (C=O) groups is 1. The average Bonchev–Trinajstić information content (AvgIpc) is 1.99. The van der Waals surface area contributed by atoms with Gasteiger partial charge in [0.05, 0.1) is 18.3 Å². The van der Waals surface area contributed by atoms with Crippen molar-refractivity contribution in [2.75, 3.05) is 0 Å². The van der Waals surface area contributed by atoms with E-state index in [4.69, 9.17) is 14.2 Å². The zero-order valence-corrected chi connectivity index (χ0v) is 10.4. The van der Waals surface area contributed by atoms with E-state index in [0.29, 0.717) is 6.29 Å². The third kappa shape index (κ3) is 5.87. The van der Waals surface area contributed by atoms with Gasteiger partial charge in [-0.2, -0.15) is 0 Å². The third-order valence-electron chi connectivity index (χ3n) is 1.34. The molecule has 0 saturated heterocycles. The molecule has 0 rings (SSSR count). The van der Waals surface area contributed by atoms with Gasteiger partial charge >= 0.3 is 5.97 Å². The van der Waals surface area contributed by atoms with Crippen molar-refractivity contribution in [3.05, 3.63) is 0 Å². The van der Waals surface area contributed by atoms with Crippen molar-refractivity contribution in [1.29, 1.82) is 0 Å². The zero-order chi connectivity index (χ0) is 12.1. The van der Waals surface area contributed by atoms with Crippen molar-refractivity contribution in [2.45, 2.75) is 65.8 Å². The predicted molar refractivity (Wildman–Crippen MR) is 57.5 cm³/mol. The smallest absolute Gasteiger partial charge is 0.319 e. The van der Waals surface area contributed by atoms with Crippen molar-refractivity contribution in [3.8, 4) is 0 Å². The lowest BCUT2D eigenvalue weighted by atomic mass is 10.4. The van der Waals surface area contributed by atoms with Gasteiger partial charge in [-0.15, -0.1) is 0 Å². The van der Waals surface area contributed by atoms with E-state index in [1.54, 1.807) is 0 Å². The topological polar surface area (TPSA) is 44.8 Å². The Morgan fingerprint density at radius 3 is 1.20 bits per heavy atom. The van der Waals surface area contributed by atoms with Crippen LogP contribution in [-0.2, 0) is 19.0 Å². The van der Waals surface area contributed by atoms with Crippen LogP contribution in [0.5, 0.6) is 0 Å². The largest absolute Gasteiger partial charge is 0.344 e. The molecule has 15 heavy (non-hydrogen) atoms. The summed E-state index contributed by atoms with van der Waals surface area (Å²) in [6, 6.07) is 0. The van der Waals surface area contributed by atoms with E-state index in [1.165, 1.54) is 0 Å². The molecular weight excluding hydrogens is 196 g/mol. The van der Waals surface area contributed by atoms with E-state index in [9.17, 15) is 4.79 Å². The molecule has 0 spiro atoms. The van der Waals surface area contributed by atoms with Crippen molar-refractivity contribution < 1.29 is 19.0 Å². The Labute approximate surface area is 91.9 Å². The molecule has 90 valence electrons. The standard InChI is InChI=1S/C11H22O4/c1-8(2)13-11(7-12,14-9(3)4)15-10(5)6/h7-10H,1-6H3. The van der Waals surface area contributed by atoms with Gasteiger partial charge in [0.25, 0.3) is 0 Å².